The molecule has 6 aromatic rings. The molecule has 0 unspecified atom stereocenters. The summed E-state index contributed by atoms with van der Waals surface area (Å²) in [5.74, 6) is 1.12. The first-order valence-electron chi connectivity index (χ1n) is 12.9. The number of aromatic nitrogens is 4. The lowest BCUT2D eigenvalue weighted by molar-refractivity contribution is 0.547. The summed E-state index contributed by atoms with van der Waals surface area (Å²) in [7, 11) is 0. The molecular weight excluding hydrogens is 490 g/mol. The standard InChI is InChI=1S/C18H21N3.C14H11ClN2/c1-14(2)10-19-12-18-17(15-6-4-3-5-7-15)9-8-16-11-20-13-21(16)18;15-8-14-13(11-4-2-1-3-5-11)7-6-12-9-16-10-17(12)14/h3-9,11,13-14,19H,10,12H2,1-2H3;1-7,9-10H,8H2. The Hall–Kier alpha value is -3.93. The molecule has 0 spiro atoms. The van der Waals surface area contributed by atoms with Gasteiger partial charge in [0.2, 0.25) is 0 Å². The van der Waals surface area contributed by atoms with Gasteiger partial charge in [0.25, 0.3) is 0 Å². The number of rotatable bonds is 7. The number of imidazole rings is 2. The predicted octanol–water partition coefficient (Wildman–Crippen LogP) is 7.49. The summed E-state index contributed by atoms with van der Waals surface area (Å²) in [6.45, 7) is 6.31. The van der Waals surface area contributed by atoms with E-state index in [1.807, 2.05) is 41.3 Å². The van der Waals surface area contributed by atoms with Crippen LogP contribution in [0.1, 0.15) is 25.2 Å². The van der Waals surface area contributed by atoms with Gasteiger partial charge in [0.05, 0.1) is 42.0 Å². The van der Waals surface area contributed by atoms with Crippen LogP contribution in [0.3, 0.4) is 0 Å². The van der Waals surface area contributed by atoms with Gasteiger partial charge in [0.1, 0.15) is 0 Å². The summed E-state index contributed by atoms with van der Waals surface area (Å²) in [4.78, 5) is 8.42. The van der Waals surface area contributed by atoms with E-state index in [-0.39, 0.29) is 0 Å². The molecular formula is C32H32ClN5. The van der Waals surface area contributed by atoms with Gasteiger partial charge in [0.15, 0.2) is 0 Å². The molecule has 0 fully saturated rings. The Kier molecular flexibility index (Phi) is 8.17. The van der Waals surface area contributed by atoms with Crippen molar-refractivity contribution in [2.75, 3.05) is 6.54 Å². The van der Waals surface area contributed by atoms with E-state index in [2.05, 4.69) is 100 Å². The third-order valence-electron chi connectivity index (χ3n) is 6.52. The molecule has 5 nitrogen and oxygen atoms in total. The number of fused-ring (bicyclic) bond motifs is 2. The Morgan fingerprint density at radius 2 is 1.18 bits per heavy atom. The van der Waals surface area contributed by atoms with Crippen LogP contribution in [0.4, 0.5) is 0 Å². The largest absolute Gasteiger partial charge is 0.311 e. The van der Waals surface area contributed by atoms with Crippen LogP contribution in [-0.2, 0) is 12.4 Å². The van der Waals surface area contributed by atoms with E-state index in [9.17, 15) is 0 Å². The molecule has 0 radical (unpaired) electrons. The minimum absolute atomic E-state index is 0.470. The molecule has 6 heteroatoms. The summed E-state index contributed by atoms with van der Waals surface area (Å²) < 4.78 is 4.21. The molecule has 2 aromatic carbocycles. The molecule has 6 rings (SSSR count). The molecule has 0 aliphatic heterocycles. The van der Waals surface area contributed by atoms with Crippen molar-refractivity contribution in [1.29, 1.82) is 0 Å². The van der Waals surface area contributed by atoms with Crippen LogP contribution in [0.15, 0.2) is 110 Å². The maximum absolute atomic E-state index is 6.07. The highest BCUT2D eigenvalue weighted by molar-refractivity contribution is 6.17. The van der Waals surface area contributed by atoms with Crippen molar-refractivity contribution in [2.45, 2.75) is 26.3 Å². The van der Waals surface area contributed by atoms with Crippen molar-refractivity contribution in [2.24, 2.45) is 5.92 Å². The lowest BCUT2D eigenvalue weighted by atomic mass is 10.0. The maximum Gasteiger partial charge on any atom is 0.0994 e. The molecule has 0 aliphatic rings. The molecule has 0 bridgehead atoms. The maximum atomic E-state index is 6.07. The highest BCUT2D eigenvalue weighted by Gasteiger charge is 2.10. The first-order chi connectivity index (χ1) is 18.7. The van der Waals surface area contributed by atoms with Gasteiger partial charge in [0, 0.05) is 29.1 Å². The van der Waals surface area contributed by atoms with E-state index in [0.29, 0.717) is 11.8 Å². The summed E-state index contributed by atoms with van der Waals surface area (Å²) >= 11 is 6.07. The van der Waals surface area contributed by atoms with Crippen molar-refractivity contribution in [3.8, 4) is 22.3 Å². The zero-order valence-electron chi connectivity index (χ0n) is 21.8. The van der Waals surface area contributed by atoms with Crippen LogP contribution in [0.2, 0.25) is 0 Å². The monoisotopic (exact) mass is 521 g/mol. The topological polar surface area (TPSA) is 46.6 Å². The second-order valence-electron chi connectivity index (χ2n) is 9.65. The number of nitrogens with zero attached hydrogens (tertiary/aromatic N) is 4. The first kappa shape index (κ1) is 25.7. The average molecular weight is 522 g/mol. The van der Waals surface area contributed by atoms with Crippen molar-refractivity contribution in [3.05, 3.63) is 121 Å². The molecule has 4 aromatic heterocycles. The van der Waals surface area contributed by atoms with Crippen LogP contribution >= 0.6 is 11.6 Å². The molecule has 0 atom stereocenters. The van der Waals surface area contributed by atoms with Crippen molar-refractivity contribution in [1.82, 2.24) is 24.1 Å². The smallest absolute Gasteiger partial charge is 0.0994 e. The second-order valence-corrected chi connectivity index (χ2v) is 9.92. The minimum atomic E-state index is 0.470. The fraction of sp³-hybridized carbons (Fsp3) is 0.188. The van der Waals surface area contributed by atoms with E-state index in [4.69, 9.17) is 11.6 Å². The van der Waals surface area contributed by atoms with Crippen LogP contribution in [-0.4, -0.2) is 25.3 Å². The van der Waals surface area contributed by atoms with E-state index >= 15 is 0 Å². The molecule has 0 aliphatic carbocycles. The van der Waals surface area contributed by atoms with E-state index in [0.717, 1.165) is 35.4 Å². The fourth-order valence-corrected chi connectivity index (χ4v) is 4.93. The fourth-order valence-electron chi connectivity index (χ4n) is 4.65. The zero-order valence-corrected chi connectivity index (χ0v) is 22.5. The third kappa shape index (κ3) is 5.64. The summed E-state index contributed by atoms with van der Waals surface area (Å²) in [5, 5.41) is 3.54. The summed E-state index contributed by atoms with van der Waals surface area (Å²) in [5.41, 5.74) is 9.39. The normalized spacial score (nSPS) is 11.2. The number of hydrogen-bond acceptors (Lipinski definition) is 3. The summed E-state index contributed by atoms with van der Waals surface area (Å²) in [6.07, 6.45) is 7.44. The minimum Gasteiger partial charge on any atom is -0.311 e. The second kappa shape index (κ2) is 12.1. The summed E-state index contributed by atoms with van der Waals surface area (Å²) in [6, 6.07) is 29.3. The van der Waals surface area contributed by atoms with E-state index < -0.39 is 0 Å². The lowest BCUT2D eigenvalue weighted by Gasteiger charge is -2.14. The number of pyridine rings is 2. The Bertz CT molecular complexity index is 1600. The molecule has 192 valence electrons. The number of alkyl halides is 1. The van der Waals surface area contributed by atoms with Gasteiger partial charge in [-0.05, 0) is 35.7 Å². The van der Waals surface area contributed by atoms with Crippen LogP contribution in [0.25, 0.3) is 33.3 Å². The number of hydrogen-bond donors (Lipinski definition) is 1. The Balaban J connectivity index is 0.000000158. The van der Waals surface area contributed by atoms with Gasteiger partial charge in [-0.1, -0.05) is 86.6 Å². The van der Waals surface area contributed by atoms with E-state index in [1.165, 1.54) is 22.4 Å². The number of benzene rings is 2. The van der Waals surface area contributed by atoms with Crippen LogP contribution < -0.4 is 5.32 Å². The molecule has 38 heavy (non-hydrogen) atoms. The quantitative estimate of drug-likeness (QED) is 0.221. The van der Waals surface area contributed by atoms with Crippen LogP contribution in [0.5, 0.6) is 0 Å². The van der Waals surface area contributed by atoms with E-state index in [1.54, 1.807) is 6.33 Å². The van der Waals surface area contributed by atoms with Gasteiger partial charge < -0.3 is 14.1 Å². The highest BCUT2D eigenvalue weighted by Crippen LogP contribution is 2.27. The van der Waals surface area contributed by atoms with Crippen molar-refractivity contribution >= 4 is 22.6 Å². The Morgan fingerprint density at radius 3 is 1.68 bits per heavy atom. The predicted molar refractivity (Wildman–Crippen MR) is 157 cm³/mol. The van der Waals surface area contributed by atoms with Gasteiger partial charge in [-0.15, -0.1) is 11.6 Å². The first-order valence-corrected chi connectivity index (χ1v) is 13.4. The molecule has 1 N–H and O–H groups in total. The Labute approximate surface area is 228 Å². The zero-order chi connectivity index (χ0) is 26.3. The average Bonchev–Trinajstić information content (AvgIpc) is 3.64. The van der Waals surface area contributed by atoms with Gasteiger partial charge in [-0.3, -0.25) is 0 Å². The molecule has 0 saturated carbocycles. The molecule has 4 heterocycles. The van der Waals surface area contributed by atoms with Crippen molar-refractivity contribution in [3.63, 3.8) is 0 Å². The number of nitrogens with one attached hydrogen (secondary N) is 1. The van der Waals surface area contributed by atoms with Crippen molar-refractivity contribution < 1.29 is 0 Å². The van der Waals surface area contributed by atoms with Gasteiger partial charge in [-0.25, -0.2) is 9.97 Å². The van der Waals surface area contributed by atoms with Gasteiger partial charge in [-0.2, -0.15) is 0 Å². The van der Waals surface area contributed by atoms with Crippen LogP contribution in [0, 0.1) is 5.92 Å². The Morgan fingerprint density at radius 1 is 0.684 bits per heavy atom. The van der Waals surface area contributed by atoms with Gasteiger partial charge >= 0.3 is 0 Å². The lowest BCUT2D eigenvalue weighted by Crippen LogP contribution is -2.21. The SMILES string of the molecule is CC(C)CNCc1c(-c2ccccc2)ccc2cncn12.ClCc1c(-c2ccccc2)ccc2cncn12. The highest BCUT2D eigenvalue weighted by atomic mass is 35.5. The number of halogens is 1. The third-order valence-corrected chi connectivity index (χ3v) is 6.77. The molecule has 0 amide bonds. The molecule has 0 saturated heterocycles.